The summed E-state index contributed by atoms with van der Waals surface area (Å²) in [5, 5.41) is 9.12. The van der Waals surface area contributed by atoms with Gasteiger partial charge in [0, 0.05) is 11.6 Å². The highest BCUT2D eigenvalue weighted by Gasteiger charge is 2.27. The highest BCUT2D eigenvalue weighted by atomic mass is 35.5. The molecule has 0 aliphatic carbocycles. The molecule has 1 atom stereocenters. The smallest absolute Gasteiger partial charge is 0.0577 e. The number of aliphatic hydroxyl groups is 1. The fourth-order valence-electron chi connectivity index (χ4n) is 1.06. The van der Waals surface area contributed by atoms with Crippen molar-refractivity contribution in [3.63, 3.8) is 0 Å². The van der Waals surface area contributed by atoms with Crippen LogP contribution in [0.3, 0.4) is 0 Å². The summed E-state index contributed by atoms with van der Waals surface area (Å²) in [6.45, 7) is 3.91. The molecule has 0 bridgehead atoms. The fraction of sp³-hybridized carbons (Fsp3) is 0.500. The molecule has 1 rings (SSSR count). The van der Waals surface area contributed by atoms with Crippen LogP contribution in [0.2, 0.25) is 0 Å². The van der Waals surface area contributed by atoms with Crippen molar-refractivity contribution in [1.82, 2.24) is 4.98 Å². The van der Waals surface area contributed by atoms with Gasteiger partial charge in [0.2, 0.25) is 0 Å². The average Bonchev–Trinajstić information content (AvgIpc) is 2.18. The molecule has 0 unspecified atom stereocenters. The van der Waals surface area contributed by atoms with Crippen molar-refractivity contribution in [3.8, 4) is 0 Å². The van der Waals surface area contributed by atoms with E-state index in [1.165, 1.54) is 0 Å². The van der Waals surface area contributed by atoms with Gasteiger partial charge in [-0.05, 0) is 12.1 Å². The van der Waals surface area contributed by atoms with Crippen LogP contribution in [0.25, 0.3) is 0 Å². The molecule has 0 amide bonds. The third-order valence-electron chi connectivity index (χ3n) is 2.26. The third-order valence-corrected chi connectivity index (χ3v) is 2.26. The Labute approximate surface area is 90.8 Å². The molecule has 0 aliphatic heterocycles. The predicted octanol–water partition coefficient (Wildman–Crippen LogP) is 1.52. The van der Waals surface area contributed by atoms with Crippen molar-refractivity contribution in [2.24, 2.45) is 11.1 Å². The van der Waals surface area contributed by atoms with Crippen LogP contribution in [0.4, 0.5) is 0 Å². The Balaban J connectivity index is 0.00000169. The number of pyridine rings is 1. The Hall–Kier alpha value is -0.640. The summed E-state index contributed by atoms with van der Waals surface area (Å²) in [4.78, 5) is 4.16. The van der Waals surface area contributed by atoms with Crippen LogP contribution in [0, 0.1) is 5.41 Å². The van der Waals surface area contributed by atoms with Gasteiger partial charge < -0.3 is 10.8 Å². The molecular formula is C10H17ClN2O. The van der Waals surface area contributed by atoms with E-state index in [1.807, 2.05) is 32.0 Å². The number of hydrogen-bond acceptors (Lipinski definition) is 3. The van der Waals surface area contributed by atoms with Gasteiger partial charge in [-0.1, -0.05) is 19.9 Å². The van der Waals surface area contributed by atoms with Gasteiger partial charge in [-0.2, -0.15) is 0 Å². The lowest BCUT2D eigenvalue weighted by Gasteiger charge is -2.28. The highest BCUT2D eigenvalue weighted by Crippen LogP contribution is 2.28. The molecule has 14 heavy (non-hydrogen) atoms. The van der Waals surface area contributed by atoms with Crippen LogP contribution in [-0.2, 0) is 0 Å². The number of aliphatic hydroxyl groups excluding tert-OH is 1. The Morgan fingerprint density at radius 3 is 2.57 bits per heavy atom. The Morgan fingerprint density at radius 1 is 1.50 bits per heavy atom. The van der Waals surface area contributed by atoms with Crippen LogP contribution in [0.1, 0.15) is 25.6 Å². The van der Waals surface area contributed by atoms with E-state index < -0.39 is 0 Å². The topological polar surface area (TPSA) is 59.1 Å². The van der Waals surface area contributed by atoms with Crippen molar-refractivity contribution in [2.45, 2.75) is 19.9 Å². The molecular weight excluding hydrogens is 200 g/mol. The van der Waals surface area contributed by atoms with E-state index in [1.54, 1.807) is 6.20 Å². The zero-order chi connectivity index (χ0) is 9.90. The quantitative estimate of drug-likeness (QED) is 0.806. The van der Waals surface area contributed by atoms with Crippen LogP contribution in [-0.4, -0.2) is 16.7 Å². The summed E-state index contributed by atoms with van der Waals surface area (Å²) < 4.78 is 0. The lowest BCUT2D eigenvalue weighted by molar-refractivity contribution is 0.130. The SMILES string of the molecule is CC(C)(CO)[C@@H](N)c1ccccn1.Cl. The molecule has 1 aromatic heterocycles. The third kappa shape index (κ3) is 2.94. The van der Waals surface area contributed by atoms with Gasteiger partial charge >= 0.3 is 0 Å². The molecule has 1 aromatic rings. The van der Waals surface area contributed by atoms with Crippen LogP contribution in [0.5, 0.6) is 0 Å². The fourth-order valence-corrected chi connectivity index (χ4v) is 1.06. The van der Waals surface area contributed by atoms with Crippen LogP contribution < -0.4 is 5.73 Å². The van der Waals surface area contributed by atoms with Crippen molar-refractivity contribution in [3.05, 3.63) is 30.1 Å². The first kappa shape index (κ1) is 13.4. The molecule has 0 aliphatic rings. The van der Waals surface area contributed by atoms with Gasteiger partial charge in [0.25, 0.3) is 0 Å². The van der Waals surface area contributed by atoms with Gasteiger partial charge in [0.05, 0.1) is 18.3 Å². The lowest BCUT2D eigenvalue weighted by Crippen LogP contribution is -2.32. The molecule has 0 radical (unpaired) electrons. The normalized spacial score (nSPS) is 13.1. The van der Waals surface area contributed by atoms with E-state index in [0.717, 1.165) is 5.69 Å². The van der Waals surface area contributed by atoms with Crippen molar-refractivity contribution in [1.29, 1.82) is 0 Å². The summed E-state index contributed by atoms with van der Waals surface area (Å²) in [6.07, 6.45) is 1.71. The number of hydrogen-bond donors (Lipinski definition) is 2. The van der Waals surface area contributed by atoms with Gasteiger partial charge in [-0.15, -0.1) is 12.4 Å². The second-order valence-electron chi connectivity index (χ2n) is 3.88. The predicted molar refractivity (Wildman–Crippen MR) is 59.3 cm³/mol. The molecule has 0 fully saturated rings. The first-order chi connectivity index (χ1) is 6.08. The maximum absolute atomic E-state index is 9.12. The molecule has 3 nitrogen and oxygen atoms in total. The van der Waals surface area contributed by atoms with E-state index in [2.05, 4.69) is 4.98 Å². The van der Waals surface area contributed by atoms with Crippen LogP contribution >= 0.6 is 12.4 Å². The zero-order valence-corrected chi connectivity index (χ0v) is 9.29. The number of halogens is 1. The first-order valence-electron chi connectivity index (χ1n) is 4.35. The Morgan fingerprint density at radius 2 is 2.14 bits per heavy atom. The van der Waals surface area contributed by atoms with Crippen LogP contribution in [0.15, 0.2) is 24.4 Å². The summed E-state index contributed by atoms with van der Waals surface area (Å²) in [7, 11) is 0. The van der Waals surface area contributed by atoms with Gasteiger partial charge in [-0.3, -0.25) is 4.98 Å². The van der Waals surface area contributed by atoms with E-state index in [0.29, 0.717) is 0 Å². The molecule has 0 spiro atoms. The monoisotopic (exact) mass is 216 g/mol. The second kappa shape index (κ2) is 5.29. The molecule has 0 aromatic carbocycles. The number of aromatic nitrogens is 1. The van der Waals surface area contributed by atoms with E-state index in [9.17, 15) is 0 Å². The zero-order valence-electron chi connectivity index (χ0n) is 8.47. The molecule has 80 valence electrons. The Kier molecular flexibility index (Phi) is 5.05. The van der Waals surface area contributed by atoms with Crippen molar-refractivity contribution in [2.75, 3.05) is 6.61 Å². The highest BCUT2D eigenvalue weighted by molar-refractivity contribution is 5.85. The standard InChI is InChI=1S/C10H16N2O.ClH/c1-10(2,7-13)9(11)8-5-3-4-6-12-8;/h3-6,9,13H,7,11H2,1-2H3;1H/t9-;/m0./s1. The lowest BCUT2D eigenvalue weighted by atomic mass is 9.84. The molecule has 0 saturated heterocycles. The molecule has 3 N–H and O–H groups in total. The minimum atomic E-state index is -0.325. The molecule has 1 heterocycles. The van der Waals surface area contributed by atoms with E-state index in [-0.39, 0.29) is 30.5 Å². The number of nitrogens with two attached hydrogens (primary N) is 1. The summed E-state index contributed by atoms with van der Waals surface area (Å²) >= 11 is 0. The van der Waals surface area contributed by atoms with Crippen molar-refractivity contribution >= 4 is 12.4 Å². The van der Waals surface area contributed by atoms with E-state index >= 15 is 0 Å². The average molecular weight is 217 g/mol. The van der Waals surface area contributed by atoms with Crippen molar-refractivity contribution < 1.29 is 5.11 Å². The summed E-state index contributed by atoms with van der Waals surface area (Å²) in [5.74, 6) is 0. The first-order valence-corrected chi connectivity index (χ1v) is 4.35. The maximum atomic E-state index is 9.12. The molecule has 4 heteroatoms. The van der Waals surface area contributed by atoms with Gasteiger partial charge in [0.15, 0.2) is 0 Å². The minimum Gasteiger partial charge on any atom is -0.396 e. The molecule has 0 saturated carbocycles. The second-order valence-corrected chi connectivity index (χ2v) is 3.88. The number of rotatable bonds is 3. The minimum absolute atomic E-state index is 0. The number of nitrogens with zero attached hydrogens (tertiary/aromatic N) is 1. The van der Waals surface area contributed by atoms with E-state index in [4.69, 9.17) is 10.8 Å². The Bertz CT molecular complexity index is 264. The maximum Gasteiger partial charge on any atom is 0.0577 e. The largest absolute Gasteiger partial charge is 0.396 e. The van der Waals surface area contributed by atoms with Gasteiger partial charge in [-0.25, -0.2) is 0 Å². The summed E-state index contributed by atoms with van der Waals surface area (Å²) in [6, 6.07) is 5.40. The van der Waals surface area contributed by atoms with Gasteiger partial charge in [0.1, 0.15) is 0 Å². The summed E-state index contributed by atoms with van der Waals surface area (Å²) in [5.41, 5.74) is 6.46.